The van der Waals surface area contributed by atoms with Crippen LogP contribution in [0.3, 0.4) is 0 Å². The predicted molar refractivity (Wildman–Crippen MR) is 45.5 cm³/mol. The molecule has 0 aromatic carbocycles. The zero-order chi connectivity index (χ0) is 8.23. The summed E-state index contributed by atoms with van der Waals surface area (Å²) in [6.45, 7) is 2.16. The van der Waals surface area contributed by atoms with Gasteiger partial charge in [-0.1, -0.05) is 6.07 Å². The summed E-state index contributed by atoms with van der Waals surface area (Å²) in [5, 5.41) is 1.99. The monoisotopic (exact) mass is 165 g/mol. The minimum absolute atomic E-state index is 0.566. The van der Waals surface area contributed by atoms with Gasteiger partial charge < -0.3 is 4.74 Å². The molecule has 0 bridgehead atoms. The van der Waals surface area contributed by atoms with Gasteiger partial charge in [-0.3, -0.25) is 5.01 Å². The summed E-state index contributed by atoms with van der Waals surface area (Å²) in [7, 11) is 0. The van der Waals surface area contributed by atoms with E-state index in [1.807, 2.05) is 23.2 Å². The van der Waals surface area contributed by atoms with Crippen molar-refractivity contribution < 1.29 is 4.74 Å². The fourth-order valence-corrected chi connectivity index (χ4v) is 1.14. The molecule has 1 fully saturated rings. The smallest absolute Gasteiger partial charge is 0.142 e. The summed E-state index contributed by atoms with van der Waals surface area (Å²) in [5.74, 6) is 0.945. The first kappa shape index (κ1) is 7.52. The molecule has 1 aliphatic rings. The van der Waals surface area contributed by atoms with Crippen molar-refractivity contribution >= 4 is 5.82 Å². The molecule has 0 unspecified atom stereocenters. The fourth-order valence-electron chi connectivity index (χ4n) is 1.14. The summed E-state index contributed by atoms with van der Waals surface area (Å²) in [6, 6.07) is 5.85. The highest BCUT2D eigenvalue weighted by molar-refractivity contribution is 5.35. The number of hydrazine groups is 1. The Morgan fingerprint density at radius 3 is 3.17 bits per heavy atom. The van der Waals surface area contributed by atoms with Crippen molar-refractivity contribution in [3.63, 3.8) is 0 Å². The van der Waals surface area contributed by atoms with Gasteiger partial charge in [0, 0.05) is 6.20 Å². The van der Waals surface area contributed by atoms with Gasteiger partial charge in [0.25, 0.3) is 0 Å². The van der Waals surface area contributed by atoms with Crippen molar-refractivity contribution in [2.75, 3.05) is 24.9 Å². The third-order valence-corrected chi connectivity index (χ3v) is 1.74. The zero-order valence-electron chi connectivity index (χ0n) is 6.73. The van der Waals surface area contributed by atoms with E-state index < -0.39 is 0 Å². The molecule has 1 saturated heterocycles. The number of aromatic nitrogens is 1. The molecule has 4 heteroatoms. The van der Waals surface area contributed by atoms with Gasteiger partial charge in [0.1, 0.15) is 12.5 Å². The molecule has 12 heavy (non-hydrogen) atoms. The number of nitrogens with zero attached hydrogens (tertiary/aromatic N) is 2. The van der Waals surface area contributed by atoms with Crippen LogP contribution in [0, 0.1) is 0 Å². The Bertz CT molecular complexity index is 233. The van der Waals surface area contributed by atoms with Crippen LogP contribution in [0.2, 0.25) is 0 Å². The Labute approximate surface area is 71.1 Å². The highest BCUT2D eigenvalue weighted by Crippen LogP contribution is 2.07. The minimum atomic E-state index is 0.566. The number of anilines is 1. The normalized spacial score (nSPS) is 17.8. The lowest BCUT2D eigenvalue weighted by atomic mass is 10.4. The van der Waals surface area contributed by atoms with Gasteiger partial charge in [0.05, 0.1) is 13.2 Å². The van der Waals surface area contributed by atoms with E-state index >= 15 is 0 Å². The number of hydrogen-bond acceptors (Lipinski definition) is 4. The molecular weight excluding hydrogens is 154 g/mol. The van der Waals surface area contributed by atoms with E-state index in [1.165, 1.54) is 0 Å². The molecule has 0 saturated carbocycles. The molecule has 2 heterocycles. The van der Waals surface area contributed by atoms with E-state index in [9.17, 15) is 0 Å². The highest BCUT2D eigenvalue weighted by atomic mass is 16.5. The van der Waals surface area contributed by atoms with Gasteiger partial charge in [-0.15, -0.1) is 0 Å². The summed E-state index contributed by atoms with van der Waals surface area (Å²) in [4.78, 5) is 4.21. The second-order valence-corrected chi connectivity index (χ2v) is 2.55. The molecule has 2 rings (SSSR count). The lowest BCUT2D eigenvalue weighted by Crippen LogP contribution is -2.46. The second kappa shape index (κ2) is 3.51. The Kier molecular flexibility index (Phi) is 2.20. The number of ether oxygens (including phenoxy) is 1. The molecule has 0 radical (unpaired) electrons. The topological polar surface area (TPSA) is 37.4 Å². The van der Waals surface area contributed by atoms with Crippen molar-refractivity contribution in [1.29, 1.82) is 0 Å². The Balaban J connectivity index is 2.08. The molecular formula is C8H11N3O. The molecule has 64 valence electrons. The van der Waals surface area contributed by atoms with E-state index in [0.717, 1.165) is 19.0 Å². The van der Waals surface area contributed by atoms with Crippen LogP contribution in [0.25, 0.3) is 0 Å². The van der Waals surface area contributed by atoms with Gasteiger partial charge in [-0.2, -0.15) is 0 Å². The number of rotatable bonds is 1. The van der Waals surface area contributed by atoms with Crippen LogP contribution in [-0.2, 0) is 4.74 Å². The molecule has 0 atom stereocenters. The molecule has 1 aromatic rings. The number of hydrogen-bond donors (Lipinski definition) is 1. The van der Waals surface area contributed by atoms with E-state index in [-0.39, 0.29) is 0 Å². The first-order valence-electron chi connectivity index (χ1n) is 3.96. The maximum atomic E-state index is 5.14. The van der Waals surface area contributed by atoms with E-state index in [2.05, 4.69) is 10.4 Å². The van der Waals surface area contributed by atoms with Gasteiger partial charge in [-0.05, 0) is 12.1 Å². The molecule has 1 aliphatic heterocycles. The minimum Gasteiger partial charge on any atom is -0.363 e. The zero-order valence-corrected chi connectivity index (χ0v) is 6.73. The van der Waals surface area contributed by atoms with Crippen LogP contribution in [0.15, 0.2) is 24.4 Å². The lowest BCUT2D eigenvalue weighted by molar-refractivity contribution is 0.0882. The molecule has 1 N–H and O–H groups in total. The van der Waals surface area contributed by atoms with Gasteiger partial charge in [0.15, 0.2) is 0 Å². The Morgan fingerprint density at radius 1 is 1.50 bits per heavy atom. The van der Waals surface area contributed by atoms with E-state index in [0.29, 0.717) is 6.73 Å². The summed E-state index contributed by atoms with van der Waals surface area (Å²) >= 11 is 0. The average molecular weight is 165 g/mol. The van der Waals surface area contributed by atoms with Crippen LogP contribution >= 0.6 is 0 Å². The van der Waals surface area contributed by atoms with Crippen molar-refractivity contribution in [1.82, 2.24) is 10.4 Å². The van der Waals surface area contributed by atoms with Crippen molar-refractivity contribution in [3.8, 4) is 0 Å². The highest BCUT2D eigenvalue weighted by Gasteiger charge is 2.09. The van der Waals surface area contributed by atoms with Crippen molar-refractivity contribution in [3.05, 3.63) is 24.4 Å². The first-order chi connectivity index (χ1) is 5.97. The van der Waals surface area contributed by atoms with Gasteiger partial charge in [-0.25, -0.2) is 10.4 Å². The summed E-state index contributed by atoms with van der Waals surface area (Å²) < 4.78 is 5.14. The fraction of sp³-hybridized carbons (Fsp3) is 0.375. The Morgan fingerprint density at radius 2 is 2.50 bits per heavy atom. The Hall–Kier alpha value is -1.13. The maximum Gasteiger partial charge on any atom is 0.142 e. The third kappa shape index (κ3) is 1.54. The number of pyridine rings is 1. The lowest BCUT2D eigenvalue weighted by Gasteiger charge is -2.28. The molecule has 4 nitrogen and oxygen atoms in total. The molecule has 0 spiro atoms. The van der Waals surface area contributed by atoms with Crippen molar-refractivity contribution in [2.24, 2.45) is 0 Å². The SMILES string of the molecule is c1ccc(N2CCOCN2)nc1. The van der Waals surface area contributed by atoms with Crippen LogP contribution in [0.4, 0.5) is 5.82 Å². The summed E-state index contributed by atoms with van der Waals surface area (Å²) in [6.07, 6.45) is 1.78. The van der Waals surface area contributed by atoms with E-state index in [4.69, 9.17) is 4.74 Å². The number of nitrogens with one attached hydrogen (secondary N) is 1. The van der Waals surface area contributed by atoms with Crippen LogP contribution < -0.4 is 10.4 Å². The second-order valence-electron chi connectivity index (χ2n) is 2.55. The molecule has 0 aliphatic carbocycles. The van der Waals surface area contributed by atoms with Crippen molar-refractivity contribution in [2.45, 2.75) is 0 Å². The van der Waals surface area contributed by atoms with Crippen LogP contribution in [0.1, 0.15) is 0 Å². The largest absolute Gasteiger partial charge is 0.363 e. The standard InChI is InChI=1S/C8H11N3O/c1-2-4-9-8(3-1)11-5-6-12-7-10-11/h1-4,10H,5-7H2. The molecule has 0 amide bonds. The first-order valence-corrected chi connectivity index (χ1v) is 3.96. The van der Waals surface area contributed by atoms with Gasteiger partial charge in [0.2, 0.25) is 0 Å². The third-order valence-electron chi connectivity index (χ3n) is 1.74. The maximum absolute atomic E-state index is 5.14. The summed E-state index contributed by atoms with van der Waals surface area (Å²) in [5.41, 5.74) is 3.08. The average Bonchev–Trinajstić information content (AvgIpc) is 2.21. The quantitative estimate of drug-likeness (QED) is 0.652. The predicted octanol–water partition coefficient (Wildman–Crippen LogP) is 0.380. The van der Waals surface area contributed by atoms with Crippen LogP contribution in [-0.4, -0.2) is 24.9 Å². The van der Waals surface area contributed by atoms with Gasteiger partial charge >= 0.3 is 0 Å². The molecule has 1 aromatic heterocycles. The van der Waals surface area contributed by atoms with Crippen LogP contribution in [0.5, 0.6) is 0 Å². The van der Waals surface area contributed by atoms with E-state index in [1.54, 1.807) is 6.20 Å².